The summed E-state index contributed by atoms with van der Waals surface area (Å²) in [6.07, 6.45) is 0.668. The van der Waals surface area contributed by atoms with Crippen molar-refractivity contribution in [1.29, 1.82) is 0 Å². The Morgan fingerprint density at radius 3 is 1.70 bits per heavy atom. The summed E-state index contributed by atoms with van der Waals surface area (Å²) >= 11 is 0. The second kappa shape index (κ2) is 9.56. The van der Waals surface area contributed by atoms with Crippen LogP contribution in [0.1, 0.15) is 54.4 Å². The maximum Gasteiger partial charge on any atom is 0.410 e. The largest absolute Gasteiger partial charge is 0.444 e. The molecule has 0 aromatic heterocycles. The van der Waals surface area contributed by atoms with E-state index in [1.54, 1.807) is 9.80 Å². The molecule has 4 fully saturated rings. The van der Waals surface area contributed by atoms with Crippen molar-refractivity contribution in [3.05, 3.63) is 0 Å². The Labute approximate surface area is 201 Å². The van der Waals surface area contributed by atoms with E-state index in [4.69, 9.17) is 24.7 Å². The first kappa shape index (κ1) is 27.6. The van der Waals surface area contributed by atoms with Gasteiger partial charge >= 0.3 is 12.2 Å². The topological polar surface area (TPSA) is 121 Å². The van der Waals surface area contributed by atoms with E-state index in [-0.39, 0.29) is 48.6 Å². The van der Waals surface area contributed by atoms with Gasteiger partial charge in [-0.15, -0.1) is 12.4 Å². The first-order valence-electron chi connectivity index (χ1n) is 11.1. The number of hydrogen-bond acceptors (Lipinski definition) is 8. The van der Waals surface area contributed by atoms with Crippen LogP contribution >= 0.6 is 12.4 Å². The highest BCUT2D eigenvalue weighted by Crippen LogP contribution is 2.35. The maximum absolute atomic E-state index is 11.7. The molecule has 2 spiro atoms. The van der Waals surface area contributed by atoms with E-state index >= 15 is 0 Å². The highest BCUT2D eigenvalue weighted by atomic mass is 35.5. The van der Waals surface area contributed by atoms with E-state index in [1.807, 2.05) is 41.5 Å². The molecule has 0 radical (unpaired) electrons. The van der Waals surface area contributed by atoms with Gasteiger partial charge in [0.05, 0.1) is 32.8 Å². The molecule has 2 amide bonds. The molecule has 33 heavy (non-hydrogen) atoms. The fraction of sp³-hybridized carbons (Fsp3) is 0.864. The summed E-state index contributed by atoms with van der Waals surface area (Å²) in [5.41, 5.74) is 4.27. The molecular weight excluding hydrogens is 454 g/mol. The molecule has 0 saturated carbocycles. The molecular formula is C22H38ClN3O7. The van der Waals surface area contributed by atoms with Crippen molar-refractivity contribution in [2.75, 3.05) is 39.4 Å². The highest BCUT2D eigenvalue weighted by Gasteiger charge is 2.52. The van der Waals surface area contributed by atoms with Crippen LogP contribution in [0.3, 0.4) is 0 Å². The van der Waals surface area contributed by atoms with Crippen molar-refractivity contribution in [1.82, 2.24) is 9.80 Å². The monoisotopic (exact) mass is 491 g/mol. The average molecular weight is 492 g/mol. The van der Waals surface area contributed by atoms with Gasteiger partial charge in [-0.1, -0.05) is 0 Å². The third-order valence-electron chi connectivity index (χ3n) is 5.52. The van der Waals surface area contributed by atoms with Crippen LogP contribution in [-0.2, 0) is 23.7 Å². The molecule has 0 aromatic rings. The lowest BCUT2D eigenvalue weighted by atomic mass is 9.90. The van der Waals surface area contributed by atoms with E-state index in [9.17, 15) is 14.4 Å². The van der Waals surface area contributed by atoms with Crippen LogP contribution in [0.25, 0.3) is 0 Å². The molecule has 0 aromatic carbocycles. The van der Waals surface area contributed by atoms with Crippen LogP contribution < -0.4 is 5.73 Å². The zero-order chi connectivity index (χ0) is 23.9. The molecule has 0 aliphatic carbocycles. The molecule has 2 N–H and O–H groups in total. The van der Waals surface area contributed by atoms with Gasteiger partial charge in [0.2, 0.25) is 0 Å². The first-order valence-corrected chi connectivity index (χ1v) is 11.1. The Bertz CT molecular complexity index is 750. The van der Waals surface area contributed by atoms with Crippen LogP contribution in [0, 0.1) is 0 Å². The van der Waals surface area contributed by atoms with Gasteiger partial charge in [-0.25, -0.2) is 9.59 Å². The summed E-state index contributed by atoms with van der Waals surface area (Å²) < 4.78 is 21.5. The van der Waals surface area contributed by atoms with Crippen molar-refractivity contribution >= 4 is 30.4 Å². The lowest BCUT2D eigenvalue weighted by Gasteiger charge is -2.46. The Hall–Kier alpha value is -1.62. The molecule has 190 valence electrons. The number of hydrogen-bond donors (Lipinski definition) is 1. The first-order chi connectivity index (χ1) is 14.6. The second-order valence-electron chi connectivity index (χ2n) is 11.3. The Morgan fingerprint density at radius 2 is 1.36 bits per heavy atom. The SMILES string of the molecule is CC(C)(C)OC(=O)N1CC2(CC(=O)CO2)C1.CC(C)(C)OC(=O)N1CC2(C[C@H](N)CO2)C1.Cl. The van der Waals surface area contributed by atoms with Gasteiger partial charge in [-0.2, -0.15) is 0 Å². The third kappa shape index (κ3) is 7.18. The number of Topliss-reactive ketones (excluding diaryl/α,β-unsaturated/α-hetero) is 1. The summed E-state index contributed by atoms with van der Waals surface area (Å²) in [6.45, 7) is 14.0. The van der Waals surface area contributed by atoms with E-state index in [0.29, 0.717) is 39.2 Å². The van der Waals surface area contributed by atoms with Crippen LogP contribution in [0.2, 0.25) is 0 Å². The second-order valence-corrected chi connectivity index (χ2v) is 11.3. The van der Waals surface area contributed by atoms with Gasteiger partial charge in [0, 0.05) is 12.5 Å². The Morgan fingerprint density at radius 1 is 0.909 bits per heavy atom. The summed E-state index contributed by atoms with van der Waals surface area (Å²) in [5.74, 6) is 0.115. The lowest BCUT2D eigenvalue weighted by Crippen LogP contribution is -2.64. The van der Waals surface area contributed by atoms with Crippen molar-refractivity contribution < 1.29 is 33.3 Å². The summed E-state index contributed by atoms with van der Waals surface area (Å²) in [7, 11) is 0. The summed E-state index contributed by atoms with van der Waals surface area (Å²) in [6, 6.07) is 0.112. The van der Waals surface area contributed by atoms with Crippen molar-refractivity contribution in [3.63, 3.8) is 0 Å². The minimum Gasteiger partial charge on any atom is -0.444 e. The Balaban J connectivity index is 0.000000227. The number of rotatable bonds is 0. The van der Waals surface area contributed by atoms with Gasteiger partial charge in [0.1, 0.15) is 29.0 Å². The normalized spacial score (nSPS) is 24.9. The van der Waals surface area contributed by atoms with Gasteiger partial charge in [0.25, 0.3) is 0 Å². The predicted octanol–water partition coefficient (Wildman–Crippen LogP) is 2.11. The fourth-order valence-electron chi connectivity index (χ4n) is 4.21. The predicted molar refractivity (Wildman–Crippen MR) is 122 cm³/mol. The van der Waals surface area contributed by atoms with E-state index in [0.717, 1.165) is 6.42 Å². The van der Waals surface area contributed by atoms with Crippen molar-refractivity contribution in [2.45, 2.75) is 82.8 Å². The zero-order valence-electron chi connectivity index (χ0n) is 20.5. The number of nitrogens with two attached hydrogens (primary N) is 1. The van der Waals surface area contributed by atoms with Gasteiger partial charge in [-0.3, -0.25) is 4.79 Å². The van der Waals surface area contributed by atoms with Gasteiger partial charge in [-0.05, 0) is 48.0 Å². The number of amides is 2. The van der Waals surface area contributed by atoms with Crippen LogP contribution in [0.5, 0.6) is 0 Å². The number of ether oxygens (including phenoxy) is 4. The average Bonchev–Trinajstić information content (AvgIpc) is 3.13. The van der Waals surface area contributed by atoms with E-state index < -0.39 is 16.8 Å². The molecule has 4 heterocycles. The quantitative estimate of drug-likeness (QED) is 0.547. The highest BCUT2D eigenvalue weighted by molar-refractivity contribution is 5.85. The number of ketones is 1. The number of halogens is 1. The number of nitrogens with zero attached hydrogens (tertiary/aromatic N) is 2. The fourth-order valence-corrected chi connectivity index (χ4v) is 4.21. The zero-order valence-corrected chi connectivity index (χ0v) is 21.3. The molecule has 10 nitrogen and oxygen atoms in total. The van der Waals surface area contributed by atoms with E-state index in [1.165, 1.54) is 0 Å². The maximum atomic E-state index is 11.7. The molecule has 0 bridgehead atoms. The summed E-state index contributed by atoms with van der Waals surface area (Å²) in [4.78, 5) is 37.6. The number of carbonyl (C=O) groups excluding carboxylic acids is 3. The molecule has 11 heteroatoms. The number of likely N-dealkylation sites (tertiary alicyclic amines) is 2. The van der Waals surface area contributed by atoms with Crippen LogP contribution in [0.4, 0.5) is 9.59 Å². The molecule has 4 aliphatic heterocycles. The molecule has 0 unspecified atom stereocenters. The van der Waals surface area contributed by atoms with Gasteiger partial charge < -0.3 is 34.5 Å². The summed E-state index contributed by atoms with van der Waals surface area (Å²) in [5, 5.41) is 0. The molecule has 4 rings (SSSR count). The minimum absolute atomic E-state index is 0. The third-order valence-corrected chi connectivity index (χ3v) is 5.52. The van der Waals surface area contributed by atoms with Crippen LogP contribution in [0.15, 0.2) is 0 Å². The molecule has 1 atom stereocenters. The minimum atomic E-state index is -0.480. The van der Waals surface area contributed by atoms with E-state index in [2.05, 4.69) is 0 Å². The van der Waals surface area contributed by atoms with Crippen LogP contribution in [-0.4, -0.2) is 95.6 Å². The molecule has 4 aliphatic rings. The van der Waals surface area contributed by atoms with Crippen molar-refractivity contribution in [2.24, 2.45) is 5.73 Å². The smallest absolute Gasteiger partial charge is 0.410 e. The Kier molecular flexibility index (Phi) is 8.00. The number of carbonyl (C=O) groups is 3. The standard InChI is InChI=1S/C11H20N2O3.C11H17NO4.ClH/c1-10(2,3)16-9(14)13-6-11(7-13)4-8(12)5-15-11;1-10(2,3)16-9(14)12-6-11(7-12)4-8(13)5-15-11;/h8H,4-7,12H2,1-3H3;4-7H2,1-3H3;1H/t8-;;/m0../s1. The van der Waals surface area contributed by atoms with Gasteiger partial charge in [0.15, 0.2) is 5.78 Å². The molecule has 4 saturated heterocycles. The van der Waals surface area contributed by atoms with Crippen molar-refractivity contribution in [3.8, 4) is 0 Å². The lowest BCUT2D eigenvalue weighted by molar-refractivity contribution is -0.118.